The zero-order valence-corrected chi connectivity index (χ0v) is 8.42. The summed E-state index contributed by atoms with van der Waals surface area (Å²) in [6.45, 7) is 0. The fraction of sp³-hybridized carbons (Fsp3) is 0.125. The Morgan fingerprint density at radius 1 is 1.46 bits per heavy atom. The zero-order valence-electron chi connectivity index (χ0n) is 6.71. The summed E-state index contributed by atoms with van der Waals surface area (Å²) in [5, 5.41) is 0. The van der Waals surface area contributed by atoms with Gasteiger partial charge in [-0.15, -0.1) is 11.7 Å². The van der Waals surface area contributed by atoms with Crippen LogP contribution in [0, 0.1) is 0 Å². The van der Waals surface area contributed by atoms with Crippen LogP contribution in [-0.2, 0) is 4.74 Å². The molecule has 1 aromatic rings. The molecule has 0 fully saturated rings. The van der Waals surface area contributed by atoms with Gasteiger partial charge in [0.15, 0.2) is 5.44 Å². The van der Waals surface area contributed by atoms with Gasteiger partial charge in [0, 0.05) is 5.56 Å². The average Bonchev–Trinajstić information content (AvgIpc) is 2.15. The molecule has 0 aromatic heterocycles. The van der Waals surface area contributed by atoms with E-state index in [1.165, 1.54) is 0 Å². The lowest BCUT2D eigenvalue weighted by molar-refractivity contribution is 0.147. The normalized spacial score (nSPS) is 12.1. The second-order valence-electron chi connectivity index (χ2n) is 2.28. The molecule has 0 bridgehead atoms. The summed E-state index contributed by atoms with van der Waals surface area (Å²) >= 11 is 3.99. The number of carbonyl (C=O) groups is 1. The lowest BCUT2D eigenvalue weighted by Crippen LogP contribution is -2.15. The first-order valence-electron chi connectivity index (χ1n) is 3.55. The van der Waals surface area contributed by atoms with Gasteiger partial charge in [-0.25, -0.2) is 4.79 Å². The molecule has 1 unspecified atom stereocenters. The van der Waals surface area contributed by atoms with E-state index in [1.807, 2.05) is 30.3 Å². The molecule has 0 saturated heterocycles. The van der Waals surface area contributed by atoms with E-state index in [-0.39, 0.29) is 0 Å². The van der Waals surface area contributed by atoms with E-state index < -0.39 is 11.5 Å². The number of carbonyl (C=O) groups excluding carboxylic acids is 1. The SMILES string of the molecule is NC(=O)OC(SS)c1ccccc1. The van der Waals surface area contributed by atoms with Gasteiger partial charge in [0.1, 0.15) is 0 Å². The van der Waals surface area contributed by atoms with Crippen molar-refractivity contribution in [2.45, 2.75) is 5.44 Å². The maximum Gasteiger partial charge on any atom is 0.405 e. The molecule has 0 aliphatic carbocycles. The lowest BCUT2D eigenvalue weighted by Gasteiger charge is -2.12. The lowest BCUT2D eigenvalue weighted by atomic mass is 10.2. The van der Waals surface area contributed by atoms with Crippen LogP contribution in [0.2, 0.25) is 0 Å². The first-order chi connectivity index (χ1) is 6.24. The van der Waals surface area contributed by atoms with Gasteiger partial charge in [-0.3, -0.25) is 0 Å². The third-order valence-electron chi connectivity index (χ3n) is 1.39. The number of nitrogens with two attached hydrogens (primary N) is 1. The summed E-state index contributed by atoms with van der Waals surface area (Å²) in [7, 11) is 1.12. The van der Waals surface area contributed by atoms with Crippen molar-refractivity contribution in [3.05, 3.63) is 35.9 Å². The number of hydrogen-bond donors (Lipinski definition) is 2. The fourth-order valence-electron chi connectivity index (χ4n) is 0.866. The Labute approximate surface area is 85.5 Å². The average molecular weight is 215 g/mol. The summed E-state index contributed by atoms with van der Waals surface area (Å²) < 4.78 is 4.81. The minimum absolute atomic E-state index is 0.443. The molecule has 1 aromatic carbocycles. The molecule has 0 aliphatic rings. The van der Waals surface area contributed by atoms with Crippen molar-refractivity contribution < 1.29 is 9.53 Å². The van der Waals surface area contributed by atoms with E-state index in [4.69, 9.17) is 10.5 Å². The second kappa shape index (κ2) is 5.04. The highest BCUT2D eigenvalue weighted by atomic mass is 33.1. The number of ether oxygens (including phenoxy) is 1. The Balaban J connectivity index is 2.73. The van der Waals surface area contributed by atoms with Crippen LogP contribution in [-0.4, -0.2) is 6.09 Å². The highest BCUT2D eigenvalue weighted by Gasteiger charge is 2.12. The summed E-state index contributed by atoms with van der Waals surface area (Å²) in [5.41, 5.74) is 5.32. The first-order valence-corrected chi connectivity index (χ1v) is 5.48. The molecule has 3 nitrogen and oxygen atoms in total. The molecule has 5 heteroatoms. The summed E-state index contributed by atoms with van der Waals surface area (Å²) in [5.74, 6) is 0. The second-order valence-corrected chi connectivity index (χ2v) is 3.56. The van der Waals surface area contributed by atoms with E-state index in [2.05, 4.69) is 11.7 Å². The van der Waals surface area contributed by atoms with Gasteiger partial charge in [0.25, 0.3) is 0 Å². The van der Waals surface area contributed by atoms with Gasteiger partial charge in [0.05, 0.1) is 0 Å². The molecule has 0 heterocycles. The number of amides is 1. The molecule has 1 rings (SSSR count). The van der Waals surface area contributed by atoms with Crippen molar-refractivity contribution in [1.82, 2.24) is 0 Å². The fourth-order valence-corrected chi connectivity index (χ4v) is 1.78. The van der Waals surface area contributed by atoms with Crippen molar-refractivity contribution in [1.29, 1.82) is 0 Å². The van der Waals surface area contributed by atoms with Gasteiger partial charge in [0.2, 0.25) is 0 Å². The highest BCUT2D eigenvalue weighted by Crippen LogP contribution is 2.32. The van der Waals surface area contributed by atoms with Gasteiger partial charge in [-0.2, -0.15) is 0 Å². The number of hydrogen-bond acceptors (Lipinski definition) is 4. The van der Waals surface area contributed by atoms with Crippen molar-refractivity contribution in [3.63, 3.8) is 0 Å². The summed E-state index contributed by atoms with van der Waals surface area (Å²) in [6.07, 6.45) is -0.796. The molecule has 1 atom stereocenters. The maximum atomic E-state index is 10.5. The molecular weight excluding hydrogens is 206 g/mol. The van der Waals surface area contributed by atoms with Crippen molar-refractivity contribution in [2.75, 3.05) is 0 Å². The Hall–Kier alpha value is -0.810. The third-order valence-corrected chi connectivity index (χ3v) is 2.52. The van der Waals surface area contributed by atoms with Crippen LogP contribution in [0.5, 0.6) is 0 Å². The summed E-state index contributed by atoms with van der Waals surface area (Å²) in [6, 6.07) is 9.29. The third kappa shape index (κ3) is 3.20. The van der Waals surface area contributed by atoms with E-state index in [0.717, 1.165) is 16.4 Å². The molecule has 13 heavy (non-hydrogen) atoms. The zero-order chi connectivity index (χ0) is 9.68. The molecule has 0 saturated carbocycles. The van der Waals surface area contributed by atoms with Crippen LogP contribution in [0.15, 0.2) is 30.3 Å². The smallest absolute Gasteiger partial charge is 0.405 e. The number of rotatable bonds is 3. The first kappa shape index (κ1) is 10.3. The van der Waals surface area contributed by atoms with Crippen LogP contribution < -0.4 is 5.73 Å². The molecule has 1 amide bonds. The van der Waals surface area contributed by atoms with Crippen LogP contribution in [0.4, 0.5) is 4.79 Å². The van der Waals surface area contributed by atoms with Gasteiger partial charge >= 0.3 is 6.09 Å². The molecule has 0 aliphatic heterocycles. The molecule has 0 radical (unpaired) electrons. The van der Waals surface area contributed by atoms with E-state index in [1.54, 1.807) is 0 Å². The van der Waals surface area contributed by atoms with Crippen LogP contribution >= 0.6 is 22.5 Å². The molecule has 70 valence electrons. The largest absolute Gasteiger partial charge is 0.429 e. The number of thiol groups is 1. The van der Waals surface area contributed by atoms with Gasteiger partial charge in [-0.1, -0.05) is 30.3 Å². The predicted molar refractivity (Wildman–Crippen MR) is 56.4 cm³/mol. The molecule has 0 spiro atoms. The highest BCUT2D eigenvalue weighted by molar-refractivity contribution is 8.68. The van der Waals surface area contributed by atoms with E-state index in [0.29, 0.717) is 0 Å². The van der Waals surface area contributed by atoms with E-state index in [9.17, 15) is 4.79 Å². The maximum absolute atomic E-state index is 10.5. The van der Waals surface area contributed by atoms with Crippen LogP contribution in [0.1, 0.15) is 11.0 Å². The predicted octanol–water partition coefficient (Wildman–Crippen LogP) is 2.36. The molecule has 2 N–H and O–H groups in total. The molecular formula is C8H9NO2S2. The Morgan fingerprint density at radius 2 is 2.08 bits per heavy atom. The monoisotopic (exact) mass is 215 g/mol. The standard InChI is InChI=1S/C8H9NO2S2/c9-8(10)11-7(13-12)6-4-2-1-3-5-6/h1-5,7,12H,(H2,9,10). The Kier molecular flexibility index (Phi) is 3.98. The quantitative estimate of drug-likeness (QED) is 0.462. The topological polar surface area (TPSA) is 52.3 Å². The van der Waals surface area contributed by atoms with Crippen molar-refractivity contribution in [3.8, 4) is 0 Å². The number of benzene rings is 1. The van der Waals surface area contributed by atoms with Crippen LogP contribution in [0.25, 0.3) is 0 Å². The van der Waals surface area contributed by atoms with Gasteiger partial charge < -0.3 is 10.5 Å². The Bertz CT molecular complexity index is 279. The van der Waals surface area contributed by atoms with Gasteiger partial charge in [-0.05, 0) is 10.8 Å². The van der Waals surface area contributed by atoms with Crippen molar-refractivity contribution in [2.24, 2.45) is 5.73 Å². The Morgan fingerprint density at radius 3 is 2.54 bits per heavy atom. The van der Waals surface area contributed by atoms with E-state index >= 15 is 0 Å². The minimum atomic E-state index is -0.796. The minimum Gasteiger partial charge on any atom is -0.429 e. The number of primary amides is 1. The van der Waals surface area contributed by atoms with Crippen LogP contribution in [0.3, 0.4) is 0 Å². The summed E-state index contributed by atoms with van der Waals surface area (Å²) in [4.78, 5) is 10.5. The van der Waals surface area contributed by atoms with Crippen molar-refractivity contribution >= 4 is 28.5 Å².